The van der Waals surface area contributed by atoms with Crippen LogP contribution in [0.4, 0.5) is 0 Å². The first-order valence-corrected chi connectivity index (χ1v) is 5.40. The molecular weight excluding hydrogens is 178 g/mol. The minimum atomic E-state index is -0.126. The van der Waals surface area contributed by atoms with E-state index in [0.717, 1.165) is 6.54 Å². The molecule has 3 nitrogen and oxygen atoms in total. The molecule has 1 atom stereocenters. The van der Waals surface area contributed by atoms with E-state index in [9.17, 15) is 4.79 Å². The number of hydrogen-bond donors (Lipinski definition) is 1. The van der Waals surface area contributed by atoms with E-state index in [0.29, 0.717) is 0 Å². The van der Waals surface area contributed by atoms with E-state index in [1.165, 1.54) is 32.8 Å². The van der Waals surface area contributed by atoms with Crippen LogP contribution >= 0.6 is 0 Å². The van der Waals surface area contributed by atoms with E-state index < -0.39 is 0 Å². The standard InChI is InChI=1S/C11H21NO2/c1-9(10(13)14-3)8-12-11(2)6-4-5-7-11/h9,12H,4-8H2,1-3H3. The molecule has 0 aromatic rings. The van der Waals surface area contributed by atoms with Gasteiger partial charge in [-0.2, -0.15) is 0 Å². The van der Waals surface area contributed by atoms with Crippen molar-refractivity contribution in [2.45, 2.75) is 45.1 Å². The summed E-state index contributed by atoms with van der Waals surface area (Å²) < 4.78 is 4.68. The molecule has 0 radical (unpaired) electrons. The van der Waals surface area contributed by atoms with Gasteiger partial charge in [-0.3, -0.25) is 4.79 Å². The lowest BCUT2D eigenvalue weighted by Crippen LogP contribution is -2.43. The lowest BCUT2D eigenvalue weighted by atomic mass is 9.99. The monoisotopic (exact) mass is 199 g/mol. The lowest BCUT2D eigenvalue weighted by Gasteiger charge is -2.26. The summed E-state index contributed by atoms with van der Waals surface area (Å²) in [6, 6.07) is 0. The molecule has 0 spiro atoms. The van der Waals surface area contributed by atoms with Gasteiger partial charge in [0.05, 0.1) is 13.0 Å². The van der Waals surface area contributed by atoms with Gasteiger partial charge in [0.1, 0.15) is 0 Å². The molecule has 82 valence electrons. The number of esters is 1. The zero-order valence-electron chi connectivity index (χ0n) is 9.43. The summed E-state index contributed by atoms with van der Waals surface area (Å²) >= 11 is 0. The minimum absolute atomic E-state index is 0.0441. The van der Waals surface area contributed by atoms with Crippen molar-refractivity contribution in [1.29, 1.82) is 0 Å². The third-order valence-corrected chi connectivity index (χ3v) is 3.15. The van der Waals surface area contributed by atoms with Crippen LogP contribution in [0.3, 0.4) is 0 Å². The second-order valence-corrected chi connectivity index (χ2v) is 4.57. The Balaban J connectivity index is 2.28. The topological polar surface area (TPSA) is 38.3 Å². The summed E-state index contributed by atoms with van der Waals surface area (Å²) in [4.78, 5) is 11.2. The van der Waals surface area contributed by atoms with Gasteiger partial charge in [-0.05, 0) is 19.8 Å². The molecule has 14 heavy (non-hydrogen) atoms. The molecule has 0 saturated heterocycles. The molecule has 1 saturated carbocycles. The zero-order valence-corrected chi connectivity index (χ0v) is 9.43. The van der Waals surface area contributed by atoms with Crippen molar-refractivity contribution in [1.82, 2.24) is 5.32 Å². The summed E-state index contributed by atoms with van der Waals surface area (Å²) in [7, 11) is 1.44. The minimum Gasteiger partial charge on any atom is -0.469 e. The van der Waals surface area contributed by atoms with Gasteiger partial charge in [-0.15, -0.1) is 0 Å². The Morgan fingerprint density at radius 2 is 2.07 bits per heavy atom. The molecule has 1 aliphatic carbocycles. The largest absolute Gasteiger partial charge is 0.469 e. The van der Waals surface area contributed by atoms with Crippen LogP contribution in [0.5, 0.6) is 0 Å². The van der Waals surface area contributed by atoms with Gasteiger partial charge >= 0.3 is 5.97 Å². The van der Waals surface area contributed by atoms with Gasteiger partial charge in [0.15, 0.2) is 0 Å². The lowest BCUT2D eigenvalue weighted by molar-refractivity contribution is -0.144. The number of hydrogen-bond acceptors (Lipinski definition) is 3. The molecule has 1 N–H and O–H groups in total. The van der Waals surface area contributed by atoms with Crippen LogP contribution in [-0.2, 0) is 9.53 Å². The summed E-state index contributed by atoms with van der Waals surface area (Å²) in [6.45, 7) is 4.87. The molecule has 3 heteroatoms. The maximum absolute atomic E-state index is 11.2. The van der Waals surface area contributed by atoms with Crippen LogP contribution in [0, 0.1) is 5.92 Å². The van der Waals surface area contributed by atoms with Crippen LogP contribution in [0.1, 0.15) is 39.5 Å². The average Bonchev–Trinajstić information content (AvgIpc) is 2.61. The van der Waals surface area contributed by atoms with Crippen molar-refractivity contribution in [3.63, 3.8) is 0 Å². The fraction of sp³-hybridized carbons (Fsp3) is 0.909. The van der Waals surface area contributed by atoms with Gasteiger partial charge < -0.3 is 10.1 Å². The molecule has 1 unspecified atom stereocenters. The highest BCUT2D eigenvalue weighted by Gasteiger charge is 2.28. The van der Waals surface area contributed by atoms with Crippen LogP contribution in [0.25, 0.3) is 0 Å². The summed E-state index contributed by atoms with van der Waals surface area (Å²) in [5.41, 5.74) is 0.252. The van der Waals surface area contributed by atoms with Crippen LogP contribution in [0.2, 0.25) is 0 Å². The van der Waals surface area contributed by atoms with Crippen LogP contribution < -0.4 is 5.32 Å². The summed E-state index contributed by atoms with van der Waals surface area (Å²) in [5.74, 6) is -0.170. The quantitative estimate of drug-likeness (QED) is 0.701. The first kappa shape index (κ1) is 11.5. The van der Waals surface area contributed by atoms with E-state index in [-0.39, 0.29) is 17.4 Å². The first-order valence-electron chi connectivity index (χ1n) is 5.40. The van der Waals surface area contributed by atoms with Gasteiger partial charge in [-0.1, -0.05) is 19.8 Å². The van der Waals surface area contributed by atoms with E-state index in [4.69, 9.17) is 0 Å². The summed E-state index contributed by atoms with van der Waals surface area (Å²) in [5, 5.41) is 3.47. The maximum Gasteiger partial charge on any atom is 0.309 e. The Kier molecular flexibility index (Phi) is 3.93. The number of carbonyl (C=O) groups excluding carboxylic acids is 1. The van der Waals surface area contributed by atoms with Gasteiger partial charge in [0, 0.05) is 12.1 Å². The van der Waals surface area contributed by atoms with E-state index >= 15 is 0 Å². The van der Waals surface area contributed by atoms with E-state index in [1.807, 2.05) is 6.92 Å². The van der Waals surface area contributed by atoms with Crippen LogP contribution in [-0.4, -0.2) is 25.2 Å². The highest BCUT2D eigenvalue weighted by molar-refractivity contribution is 5.72. The van der Waals surface area contributed by atoms with Crippen molar-refractivity contribution in [3.8, 4) is 0 Å². The molecular formula is C11H21NO2. The number of ether oxygens (including phenoxy) is 1. The molecule has 1 rings (SSSR count). The molecule has 0 heterocycles. The van der Waals surface area contributed by atoms with Crippen molar-refractivity contribution in [2.24, 2.45) is 5.92 Å². The van der Waals surface area contributed by atoms with Crippen LogP contribution in [0.15, 0.2) is 0 Å². The van der Waals surface area contributed by atoms with Crippen molar-refractivity contribution in [3.05, 3.63) is 0 Å². The Bertz CT molecular complexity index is 197. The highest BCUT2D eigenvalue weighted by Crippen LogP contribution is 2.28. The Labute approximate surface area is 86.2 Å². The number of carbonyl (C=O) groups is 1. The van der Waals surface area contributed by atoms with Gasteiger partial charge in [0.2, 0.25) is 0 Å². The Morgan fingerprint density at radius 1 is 1.50 bits per heavy atom. The Morgan fingerprint density at radius 3 is 2.57 bits per heavy atom. The van der Waals surface area contributed by atoms with Crippen molar-refractivity contribution < 1.29 is 9.53 Å². The fourth-order valence-corrected chi connectivity index (χ4v) is 2.02. The highest BCUT2D eigenvalue weighted by atomic mass is 16.5. The number of rotatable bonds is 4. The second-order valence-electron chi connectivity index (χ2n) is 4.57. The third-order valence-electron chi connectivity index (χ3n) is 3.15. The van der Waals surface area contributed by atoms with Gasteiger partial charge in [-0.25, -0.2) is 0 Å². The number of methoxy groups -OCH3 is 1. The average molecular weight is 199 g/mol. The smallest absolute Gasteiger partial charge is 0.309 e. The zero-order chi connectivity index (χ0) is 10.6. The Hall–Kier alpha value is -0.570. The normalized spacial score (nSPS) is 21.9. The molecule has 0 bridgehead atoms. The maximum atomic E-state index is 11.2. The molecule has 0 amide bonds. The fourth-order valence-electron chi connectivity index (χ4n) is 2.02. The molecule has 0 aromatic heterocycles. The predicted molar refractivity (Wildman–Crippen MR) is 56.1 cm³/mol. The molecule has 1 aliphatic rings. The van der Waals surface area contributed by atoms with Crippen molar-refractivity contribution >= 4 is 5.97 Å². The van der Waals surface area contributed by atoms with Crippen molar-refractivity contribution in [2.75, 3.05) is 13.7 Å². The number of nitrogens with one attached hydrogen (secondary N) is 1. The van der Waals surface area contributed by atoms with E-state index in [1.54, 1.807) is 0 Å². The SMILES string of the molecule is COC(=O)C(C)CNC1(C)CCCC1. The third kappa shape index (κ3) is 2.98. The second kappa shape index (κ2) is 4.78. The van der Waals surface area contributed by atoms with Gasteiger partial charge in [0.25, 0.3) is 0 Å². The first-order chi connectivity index (χ1) is 6.57. The molecule has 1 fully saturated rings. The van der Waals surface area contributed by atoms with E-state index in [2.05, 4.69) is 17.0 Å². The molecule has 0 aliphatic heterocycles. The molecule has 0 aromatic carbocycles. The summed E-state index contributed by atoms with van der Waals surface area (Å²) in [6.07, 6.45) is 5.05. The predicted octanol–water partition coefficient (Wildman–Crippen LogP) is 1.72.